The smallest absolute Gasteiger partial charge is 0.231 e. The van der Waals surface area contributed by atoms with E-state index in [2.05, 4.69) is 22.8 Å². The molecule has 0 unspecified atom stereocenters. The van der Waals surface area contributed by atoms with Gasteiger partial charge in [-0.05, 0) is 76.9 Å². The Bertz CT molecular complexity index is 619. The predicted octanol–water partition coefficient (Wildman–Crippen LogP) is 4.28. The van der Waals surface area contributed by atoms with Crippen LogP contribution in [0.1, 0.15) is 58.6 Å². The fourth-order valence-electron chi connectivity index (χ4n) is 2.32. The van der Waals surface area contributed by atoms with Crippen molar-refractivity contribution < 1.29 is 9.53 Å². The van der Waals surface area contributed by atoms with Crippen LogP contribution in [0.25, 0.3) is 0 Å². The number of hydrogen-bond donors (Lipinski definition) is 2. The topological polar surface area (TPSA) is 50.4 Å². The van der Waals surface area contributed by atoms with E-state index >= 15 is 0 Å². The molecule has 0 bridgehead atoms. The van der Waals surface area contributed by atoms with E-state index < -0.39 is 5.41 Å². The Balaban J connectivity index is 2.45. The van der Waals surface area contributed by atoms with Gasteiger partial charge in [-0.2, -0.15) is 0 Å². The van der Waals surface area contributed by atoms with Crippen LogP contribution in [0, 0.1) is 19.3 Å². The van der Waals surface area contributed by atoms with Gasteiger partial charge in [0, 0.05) is 11.0 Å². The molecule has 4 nitrogen and oxygen atoms in total. The van der Waals surface area contributed by atoms with Crippen LogP contribution in [0.15, 0.2) is 18.2 Å². The van der Waals surface area contributed by atoms with Gasteiger partial charge in [-0.25, -0.2) is 0 Å². The van der Waals surface area contributed by atoms with Crippen molar-refractivity contribution in [2.75, 3.05) is 6.61 Å². The number of rotatable bonds is 6. The minimum absolute atomic E-state index is 0.0685. The van der Waals surface area contributed by atoms with Crippen molar-refractivity contribution in [3.8, 4) is 5.75 Å². The van der Waals surface area contributed by atoms with Crippen molar-refractivity contribution in [3.63, 3.8) is 0 Å². The summed E-state index contributed by atoms with van der Waals surface area (Å²) in [6.45, 7) is 14.5. The fraction of sp³-hybridized carbons (Fsp3) is 0.600. The maximum Gasteiger partial charge on any atom is 0.231 e. The Morgan fingerprint density at radius 1 is 1.16 bits per heavy atom. The van der Waals surface area contributed by atoms with Gasteiger partial charge in [-0.1, -0.05) is 26.0 Å². The Kier molecular flexibility index (Phi) is 7.42. The van der Waals surface area contributed by atoms with Crippen molar-refractivity contribution in [1.82, 2.24) is 10.6 Å². The minimum atomic E-state index is -0.505. The van der Waals surface area contributed by atoms with Gasteiger partial charge in [0.2, 0.25) is 5.91 Å². The maximum atomic E-state index is 12.4. The van der Waals surface area contributed by atoms with Gasteiger partial charge in [-0.15, -0.1) is 0 Å². The molecule has 0 heterocycles. The molecule has 140 valence electrons. The van der Waals surface area contributed by atoms with E-state index in [0.29, 0.717) is 11.7 Å². The molecule has 0 radical (unpaired) electrons. The lowest BCUT2D eigenvalue weighted by Gasteiger charge is -2.27. The summed E-state index contributed by atoms with van der Waals surface area (Å²) in [6.07, 6.45) is 1.52. The lowest BCUT2D eigenvalue weighted by molar-refractivity contribution is -0.128. The third kappa shape index (κ3) is 7.86. The molecule has 0 aliphatic heterocycles. The second kappa shape index (κ2) is 8.65. The Morgan fingerprint density at radius 2 is 1.80 bits per heavy atom. The van der Waals surface area contributed by atoms with Gasteiger partial charge in [-0.3, -0.25) is 4.79 Å². The fourth-order valence-corrected chi connectivity index (χ4v) is 2.72. The molecule has 0 atom stereocenters. The third-order valence-corrected chi connectivity index (χ3v) is 4.08. The molecule has 0 saturated heterocycles. The molecule has 25 heavy (non-hydrogen) atoms. The Hall–Kier alpha value is -1.62. The molecule has 1 aromatic carbocycles. The van der Waals surface area contributed by atoms with Crippen molar-refractivity contribution in [2.24, 2.45) is 5.41 Å². The zero-order valence-electron chi connectivity index (χ0n) is 16.6. The molecular formula is C20H32N2O2S. The Labute approximate surface area is 157 Å². The van der Waals surface area contributed by atoms with E-state index in [1.54, 1.807) is 0 Å². The summed E-state index contributed by atoms with van der Waals surface area (Å²) in [5.41, 5.74) is 1.63. The first-order chi connectivity index (χ1) is 11.4. The molecule has 0 spiro atoms. The van der Waals surface area contributed by atoms with E-state index in [1.807, 2.05) is 54.5 Å². The van der Waals surface area contributed by atoms with Crippen molar-refractivity contribution in [2.45, 2.75) is 66.8 Å². The monoisotopic (exact) mass is 364 g/mol. The van der Waals surface area contributed by atoms with Crippen LogP contribution in [0.4, 0.5) is 0 Å². The van der Waals surface area contributed by atoms with E-state index in [4.69, 9.17) is 17.0 Å². The number of benzene rings is 1. The summed E-state index contributed by atoms with van der Waals surface area (Å²) in [6, 6.07) is 6.18. The lowest BCUT2D eigenvalue weighted by atomic mass is 9.87. The number of carbonyl (C=O) groups excluding carboxylic acids is 1. The number of ether oxygens (including phenoxy) is 1. The summed E-state index contributed by atoms with van der Waals surface area (Å²) >= 11 is 5.21. The van der Waals surface area contributed by atoms with Crippen molar-refractivity contribution in [1.29, 1.82) is 0 Å². The average Bonchev–Trinajstić information content (AvgIpc) is 2.44. The number of nitrogens with one attached hydrogen (secondary N) is 2. The highest BCUT2D eigenvalue weighted by Gasteiger charge is 2.28. The lowest BCUT2D eigenvalue weighted by Crippen LogP contribution is -2.51. The average molecular weight is 365 g/mol. The van der Waals surface area contributed by atoms with E-state index in [9.17, 15) is 4.79 Å². The number of amides is 1. The van der Waals surface area contributed by atoms with Crippen molar-refractivity contribution in [3.05, 3.63) is 29.3 Å². The first kappa shape index (κ1) is 21.4. The van der Waals surface area contributed by atoms with Gasteiger partial charge in [0.25, 0.3) is 0 Å². The molecule has 1 amide bonds. The highest BCUT2D eigenvalue weighted by Crippen LogP contribution is 2.24. The zero-order valence-corrected chi connectivity index (χ0v) is 17.4. The number of hydrogen-bond acceptors (Lipinski definition) is 3. The van der Waals surface area contributed by atoms with Crippen molar-refractivity contribution >= 4 is 23.2 Å². The molecule has 0 saturated carbocycles. The molecule has 0 aliphatic carbocycles. The molecule has 1 rings (SSSR count). The predicted molar refractivity (Wildman–Crippen MR) is 108 cm³/mol. The van der Waals surface area contributed by atoms with Crippen LogP contribution in [-0.4, -0.2) is 23.2 Å². The van der Waals surface area contributed by atoms with Crippen LogP contribution in [0.2, 0.25) is 0 Å². The van der Waals surface area contributed by atoms with E-state index in [1.165, 1.54) is 5.56 Å². The zero-order chi connectivity index (χ0) is 19.3. The highest BCUT2D eigenvalue weighted by atomic mass is 32.1. The summed E-state index contributed by atoms with van der Waals surface area (Å²) < 4.78 is 5.87. The van der Waals surface area contributed by atoms with Gasteiger partial charge >= 0.3 is 0 Å². The van der Waals surface area contributed by atoms with Gasteiger partial charge < -0.3 is 15.4 Å². The van der Waals surface area contributed by atoms with Crippen LogP contribution >= 0.6 is 12.2 Å². The summed E-state index contributed by atoms with van der Waals surface area (Å²) in [5.74, 6) is 0.846. The molecule has 5 heteroatoms. The quantitative estimate of drug-likeness (QED) is 0.584. The highest BCUT2D eigenvalue weighted by molar-refractivity contribution is 7.80. The number of thiocarbonyl (C=S) groups is 1. The maximum absolute atomic E-state index is 12.4. The van der Waals surface area contributed by atoms with Gasteiger partial charge in [0.15, 0.2) is 5.11 Å². The SMILES string of the molecule is Cc1ccc(C)c(OCCCC(C)(C)C(=O)NC(=S)NC(C)(C)C)c1. The third-order valence-electron chi connectivity index (χ3n) is 3.88. The minimum Gasteiger partial charge on any atom is -0.493 e. The molecular weight excluding hydrogens is 332 g/mol. The van der Waals surface area contributed by atoms with Crippen LogP contribution in [0.5, 0.6) is 5.75 Å². The number of aryl methyl sites for hydroxylation is 2. The standard InChI is InChI=1S/C20H32N2O2S/c1-14-9-10-15(2)16(13-14)24-12-8-11-20(6,7)17(23)21-18(25)22-19(3,4)5/h9-10,13H,8,11-12H2,1-7H3,(H2,21,22,23,25). The summed E-state index contributed by atoms with van der Waals surface area (Å²) in [5, 5.41) is 6.26. The van der Waals surface area contributed by atoms with Crippen LogP contribution in [0.3, 0.4) is 0 Å². The molecule has 0 fully saturated rings. The van der Waals surface area contributed by atoms with Crippen LogP contribution < -0.4 is 15.4 Å². The second-order valence-electron chi connectivity index (χ2n) is 8.26. The molecule has 2 N–H and O–H groups in total. The van der Waals surface area contributed by atoms with Gasteiger partial charge in [0.1, 0.15) is 5.75 Å². The summed E-state index contributed by atoms with van der Waals surface area (Å²) in [4.78, 5) is 12.4. The normalized spacial score (nSPS) is 11.8. The van der Waals surface area contributed by atoms with Gasteiger partial charge in [0.05, 0.1) is 6.61 Å². The summed E-state index contributed by atoms with van der Waals surface area (Å²) in [7, 11) is 0. The second-order valence-corrected chi connectivity index (χ2v) is 8.67. The molecule has 0 aromatic heterocycles. The Morgan fingerprint density at radius 3 is 2.40 bits per heavy atom. The number of carbonyl (C=O) groups is 1. The largest absolute Gasteiger partial charge is 0.493 e. The first-order valence-corrected chi connectivity index (χ1v) is 9.15. The van der Waals surface area contributed by atoms with E-state index in [-0.39, 0.29) is 11.4 Å². The molecule has 0 aliphatic rings. The first-order valence-electron chi connectivity index (χ1n) is 8.74. The molecule has 1 aromatic rings. The van der Waals surface area contributed by atoms with E-state index in [0.717, 1.165) is 24.2 Å². The van der Waals surface area contributed by atoms with Crippen LogP contribution in [-0.2, 0) is 4.79 Å².